The van der Waals surface area contributed by atoms with Crippen molar-refractivity contribution in [2.45, 2.75) is 0 Å². The first-order chi connectivity index (χ1) is 23.3. The molecule has 0 N–H and O–H groups in total. The number of aromatic nitrogens is 2. The van der Waals surface area contributed by atoms with Crippen molar-refractivity contribution in [1.29, 1.82) is 0 Å². The third kappa shape index (κ3) is 3.34. The van der Waals surface area contributed by atoms with Crippen LogP contribution >= 0.6 is 11.3 Å². The van der Waals surface area contributed by atoms with Gasteiger partial charge in [-0.2, -0.15) is 0 Å². The van der Waals surface area contributed by atoms with Crippen LogP contribution in [0.4, 0.5) is 0 Å². The third-order valence-electron chi connectivity index (χ3n) is 10.1. The fourth-order valence-electron chi connectivity index (χ4n) is 8.14. The Morgan fingerprint density at radius 3 is 1.60 bits per heavy atom. The van der Waals surface area contributed by atoms with Crippen molar-refractivity contribution < 1.29 is 0 Å². The predicted octanol–water partition coefficient (Wildman–Crippen LogP) is 12.6. The molecule has 0 unspecified atom stereocenters. The lowest BCUT2D eigenvalue weighted by atomic mass is 10.0. The summed E-state index contributed by atoms with van der Waals surface area (Å²) in [4.78, 5) is 0. The van der Waals surface area contributed by atoms with Gasteiger partial charge >= 0.3 is 0 Å². The lowest BCUT2D eigenvalue weighted by Crippen LogP contribution is -1.95. The number of para-hydroxylation sites is 2. The molecule has 0 atom stereocenters. The molecule has 3 heterocycles. The molecule has 0 saturated heterocycles. The van der Waals surface area contributed by atoms with Gasteiger partial charge in [0, 0.05) is 53.1 Å². The predicted molar refractivity (Wildman–Crippen MR) is 203 cm³/mol. The molecular formula is C44H26N2S. The highest BCUT2D eigenvalue weighted by Gasteiger charge is 2.24. The van der Waals surface area contributed by atoms with E-state index in [0.717, 1.165) is 0 Å². The normalized spacial score (nSPS) is 12.3. The molecule has 0 fully saturated rings. The molecule has 8 aromatic carbocycles. The van der Waals surface area contributed by atoms with Crippen molar-refractivity contribution in [2.75, 3.05) is 0 Å². The van der Waals surface area contributed by atoms with Crippen LogP contribution in [0.5, 0.6) is 0 Å². The average molecular weight is 615 g/mol. The van der Waals surface area contributed by atoms with Crippen LogP contribution in [-0.2, 0) is 0 Å². The maximum atomic E-state index is 2.51. The van der Waals surface area contributed by atoms with Crippen LogP contribution in [0.15, 0.2) is 158 Å². The molecule has 2 nitrogen and oxygen atoms in total. The van der Waals surface area contributed by atoms with Crippen LogP contribution < -0.4 is 0 Å². The number of hydrogen-bond acceptors (Lipinski definition) is 1. The molecule has 3 heteroatoms. The molecule has 0 amide bonds. The van der Waals surface area contributed by atoms with Crippen LogP contribution in [0.1, 0.15) is 0 Å². The van der Waals surface area contributed by atoms with Crippen molar-refractivity contribution in [3.8, 4) is 11.4 Å². The van der Waals surface area contributed by atoms with Gasteiger partial charge in [0.05, 0.1) is 22.1 Å². The number of hydrogen-bond donors (Lipinski definition) is 0. The van der Waals surface area contributed by atoms with Gasteiger partial charge in [0.2, 0.25) is 0 Å². The van der Waals surface area contributed by atoms with Gasteiger partial charge in [-0.1, -0.05) is 115 Å². The van der Waals surface area contributed by atoms with Crippen LogP contribution in [0.3, 0.4) is 0 Å². The molecule has 0 aliphatic heterocycles. The highest BCUT2D eigenvalue weighted by molar-refractivity contribution is 7.26. The van der Waals surface area contributed by atoms with E-state index in [1.807, 2.05) is 11.3 Å². The Kier molecular flexibility index (Phi) is 5.02. The topological polar surface area (TPSA) is 9.86 Å². The van der Waals surface area contributed by atoms with E-state index in [9.17, 15) is 0 Å². The SMILES string of the molecule is c1ccc(-n2c3ccc4c5c6ccccc6ccc5n(-c5ccccc5)c4c3c3ccc4sc5c6ccccc6ccc5c4c32)cc1. The standard InChI is InChI=1S/C44H26N2S/c1-3-13-29(14-4-1)45-36-24-20-27-11-7-9-17-31(27)39(36)33-22-25-37-40(42(33)45)34-23-26-38-41(43(34)46(37)30-15-5-2-6-16-30)35-21-19-28-12-8-10-18-32(28)44(35)47-38/h1-26H. The zero-order valence-corrected chi connectivity index (χ0v) is 26.1. The zero-order valence-electron chi connectivity index (χ0n) is 25.3. The van der Waals surface area contributed by atoms with Crippen molar-refractivity contribution >= 4 is 96.7 Å². The third-order valence-corrected chi connectivity index (χ3v) is 11.3. The number of rotatable bonds is 2. The van der Waals surface area contributed by atoms with Crippen molar-refractivity contribution in [3.05, 3.63) is 158 Å². The van der Waals surface area contributed by atoms with Crippen molar-refractivity contribution in [2.24, 2.45) is 0 Å². The maximum Gasteiger partial charge on any atom is 0.0641 e. The number of benzene rings is 8. The summed E-state index contributed by atoms with van der Waals surface area (Å²) in [7, 11) is 0. The average Bonchev–Trinajstić information content (AvgIpc) is 3.80. The second-order valence-corrected chi connectivity index (χ2v) is 13.5. The van der Waals surface area contributed by atoms with Crippen molar-refractivity contribution in [3.63, 3.8) is 0 Å². The minimum absolute atomic E-state index is 1.17. The van der Waals surface area contributed by atoms with Gasteiger partial charge in [-0.3, -0.25) is 0 Å². The van der Waals surface area contributed by atoms with Crippen molar-refractivity contribution in [1.82, 2.24) is 9.13 Å². The van der Waals surface area contributed by atoms with E-state index < -0.39 is 0 Å². The molecule has 0 bridgehead atoms. The summed E-state index contributed by atoms with van der Waals surface area (Å²) in [5, 5.41) is 12.9. The van der Waals surface area contributed by atoms with Crippen LogP contribution in [-0.4, -0.2) is 9.13 Å². The summed E-state index contributed by atoms with van der Waals surface area (Å²) >= 11 is 1.91. The van der Waals surface area contributed by atoms with E-state index >= 15 is 0 Å². The highest BCUT2D eigenvalue weighted by Crippen LogP contribution is 2.48. The molecule has 0 aliphatic carbocycles. The first-order valence-corrected chi connectivity index (χ1v) is 16.9. The zero-order chi connectivity index (χ0) is 30.6. The summed E-state index contributed by atoms with van der Waals surface area (Å²) in [6, 6.07) is 58.0. The summed E-state index contributed by atoms with van der Waals surface area (Å²) in [6.45, 7) is 0. The van der Waals surface area contributed by atoms with Crippen LogP contribution in [0, 0.1) is 0 Å². The second kappa shape index (κ2) is 9.32. The van der Waals surface area contributed by atoms with E-state index in [4.69, 9.17) is 0 Å². The Morgan fingerprint density at radius 2 is 0.851 bits per heavy atom. The Morgan fingerprint density at radius 1 is 0.340 bits per heavy atom. The summed E-state index contributed by atoms with van der Waals surface area (Å²) in [5.74, 6) is 0. The Balaban J connectivity index is 1.43. The Labute approximate surface area is 273 Å². The van der Waals surface area contributed by atoms with Gasteiger partial charge in [-0.15, -0.1) is 11.3 Å². The lowest BCUT2D eigenvalue weighted by Gasteiger charge is -2.10. The van der Waals surface area contributed by atoms with Gasteiger partial charge in [0.25, 0.3) is 0 Å². The van der Waals surface area contributed by atoms with Gasteiger partial charge in [-0.05, 0) is 64.0 Å². The molecule has 0 spiro atoms. The van der Waals surface area contributed by atoms with E-state index in [0.29, 0.717) is 0 Å². The molecule has 11 aromatic rings. The molecular weight excluding hydrogens is 589 g/mol. The van der Waals surface area contributed by atoms with Gasteiger partial charge in [0.1, 0.15) is 0 Å². The molecule has 3 aromatic heterocycles. The lowest BCUT2D eigenvalue weighted by molar-refractivity contribution is 1.18. The van der Waals surface area contributed by atoms with Gasteiger partial charge in [0.15, 0.2) is 0 Å². The minimum atomic E-state index is 1.17. The fraction of sp³-hybridized carbons (Fsp3) is 0. The van der Waals surface area contributed by atoms with Gasteiger partial charge in [-0.25, -0.2) is 0 Å². The second-order valence-electron chi connectivity index (χ2n) is 12.5. The number of fused-ring (bicyclic) bond motifs is 15. The van der Waals surface area contributed by atoms with Crippen LogP contribution in [0.25, 0.3) is 96.7 Å². The summed E-state index contributed by atoms with van der Waals surface area (Å²) in [6.07, 6.45) is 0. The largest absolute Gasteiger partial charge is 0.309 e. The Hall–Kier alpha value is -5.90. The first kappa shape index (κ1) is 25.3. The number of nitrogens with zero attached hydrogens (tertiary/aromatic N) is 2. The number of thiophene rings is 1. The molecule has 0 radical (unpaired) electrons. The highest BCUT2D eigenvalue weighted by atomic mass is 32.1. The monoisotopic (exact) mass is 614 g/mol. The first-order valence-electron chi connectivity index (χ1n) is 16.1. The molecule has 11 rings (SSSR count). The summed E-state index contributed by atoms with van der Waals surface area (Å²) in [5.41, 5.74) is 7.32. The summed E-state index contributed by atoms with van der Waals surface area (Å²) < 4.78 is 7.68. The Bertz CT molecular complexity index is 3050. The molecule has 218 valence electrons. The fourth-order valence-corrected chi connectivity index (χ4v) is 9.38. The minimum Gasteiger partial charge on any atom is -0.309 e. The van der Waals surface area contributed by atoms with Crippen LogP contribution in [0.2, 0.25) is 0 Å². The smallest absolute Gasteiger partial charge is 0.0641 e. The van der Waals surface area contributed by atoms with E-state index in [2.05, 4.69) is 167 Å². The molecule has 0 aliphatic rings. The van der Waals surface area contributed by atoms with Gasteiger partial charge < -0.3 is 9.13 Å². The van der Waals surface area contributed by atoms with E-state index in [-0.39, 0.29) is 0 Å². The molecule has 0 saturated carbocycles. The maximum absolute atomic E-state index is 2.51. The van der Waals surface area contributed by atoms with E-state index in [1.165, 1.54) is 96.7 Å². The quantitative estimate of drug-likeness (QED) is 0.183. The van der Waals surface area contributed by atoms with E-state index in [1.54, 1.807) is 0 Å². The molecule has 47 heavy (non-hydrogen) atoms.